The van der Waals surface area contributed by atoms with Gasteiger partial charge < -0.3 is 4.42 Å². The molecule has 194 valence electrons. The van der Waals surface area contributed by atoms with Crippen LogP contribution in [0.15, 0.2) is 114 Å². The Labute approximate surface area is 240 Å². The summed E-state index contributed by atoms with van der Waals surface area (Å²) in [5.41, 5.74) is 7.25. The second kappa shape index (κ2) is 8.92. The van der Waals surface area contributed by atoms with Crippen LogP contribution < -0.4 is 4.57 Å². The molecular formula is C36H24N3OS+. The average molecular weight is 547 g/mol. The number of hydrogen-bond donors (Lipinski definition) is 0. The summed E-state index contributed by atoms with van der Waals surface area (Å²) < 4.78 is 13.7. The molecule has 41 heavy (non-hydrogen) atoms. The van der Waals surface area contributed by atoms with E-state index in [9.17, 15) is 5.26 Å². The van der Waals surface area contributed by atoms with Gasteiger partial charge in [0, 0.05) is 36.5 Å². The number of fused-ring (bicyclic) bond motifs is 6. The number of nitrogens with zero attached hydrogens (tertiary/aromatic N) is 3. The van der Waals surface area contributed by atoms with Gasteiger partial charge in [0.05, 0.1) is 18.7 Å². The molecule has 0 aliphatic heterocycles. The first-order valence-corrected chi connectivity index (χ1v) is 14.4. The van der Waals surface area contributed by atoms with Crippen LogP contribution in [0.3, 0.4) is 0 Å². The van der Waals surface area contributed by atoms with Crippen molar-refractivity contribution in [2.45, 2.75) is 6.92 Å². The van der Waals surface area contributed by atoms with Crippen LogP contribution in [0.1, 0.15) is 11.1 Å². The molecular weight excluding hydrogens is 522 g/mol. The Kier molecular flexibility index (Phi) is 5.15. The molecule has 3 aromatic heterocycles. The van der Waals surface area contributed by atoms with E-state index in [1.165, 1.54) is 20.2 Å². The van der Waals surface area contributed by atoms with Gasteiger partial charge in [0.2, 0.25) is 0 Å². The lowest BCUT2D eigenvalue weighted by atomic mass is 9.96. The number of para-hydroxylation sites is 1. The van der Waals surface area contributed by atoms with Gasteiger partial charge in [-0.3, -0.25) is 0 Å². The minimum atomic E-state index is 0.605. The summed E-state index contributed by atoms with van der Waals surface area (Å²) in [7, 11) is 2.06. The first-order chi connectivity index (χ1) is 20.1. The van der Waals surface area contributed by atoms with Crippen molar-refractivity contribution in [1.82, 2.24) is 4.57 Å². The highest BCUT2D eigenvalue weighted by molar-refractivity contribution is 7.25. The zero-order valence-corrected chi connectivity index (χ0v) is 23.4. The molecule has 0 aliphatic carbocycles. The van der Waals surface area contributed by atoms with Crippen molar-refractivity contribution in [3.63, 3.8) is 0 Å². The number of rotatable bonds is 3. The van der Waals surface area contributed by atoms with Crippen LogP contribution in [0.2, 0.25) is 0 Å². The lowest BCUT2D eigenvalue weighted by Crippen LogP contribution is -2.29. The lowest BCUT2D eigenvalue weighted by molar-refractivity contribution is -0.659. The summed E-state index contributed by atoms with van der Waals surface area (Å²) in [4.78, 5) is 0. The third kappa shape index (κ3) is 3.48. The maximum atomic E-state index is 10.2. The van der Waals surface area contributed by atoms with Crippen molar-refractivity contribution in [1.29, 1.82) is 5.26 Å². The fourth-order valence-electron chi connectivity index (χ4n) is 6.11. The van der Waals surface area contributed by atoms with Gasteiger partial charge in [-0.15, -0.1) is 11.3 Å². The van der Waals surface area contributed by atoms with Crippen molar-refractivity contribution in [2.75, 3.05) is 0 Å². The van der Waals surface area contributed by atoms with Crippen molar-refractivity contribution in [3.05, 3.63) is 121 Å². The second-order valence-corrected chi connectivity index (χ2v) is 11.5. The van der Waals surface area contributed by atoms with E-state index in [0.29, 0.717) is 5.56 Å². The van der Waals surface area contributed by atoms with Crippen LogP contribution >= 0.6 is 11.3 Å². The molecule has 0 unspecified atom stereocenters. The molecule has 5 aromatic carbocycles. The maximum absolute atomic E-state index is 10.2. The summed E-state index contributed by atoms with van der Waals surface area (Å²) >= 11 is 1.78. The van der Waals surface area contributed by atoms with E-state index in [0.717, 1.165) is 55.7 Å². The first kappa shape index (κ1) is 23.7. The number of imidazole rings is 1. The third-order valence-electron chi connectivity index (χ3n) is 8.07. The van der Waals surface area contributed by atoms with E-state index < -0.39 is 0 Å². The van der Waals surface area contributed by atoms with Crippen LogP contribution in [0.25, 0.3) is 70.3 Å². The summed E-state index contributed by atoms with van der Waals surface area (Å²) in [6, 6.07) is 36.0. The van der Waals surface area contributed by atoms with Crippen LogP contribution in [0.5, 0.6) is 0 Å². The molecule has 0 N–H and O–H groups in total. The van der Waals surface area contributed by atoms with Gasteiger partial charge in [-0.05, 0) is 54.4 Å². The van der Waals surface area contributed by atoms with Crippen molar-refractivity contribution >= 4 is 53.4 Å². The van der Waals surface area contributed by atoms with Crippen LogP contribution in [0, 0.1) is 18.3 Å². The highest BCUT2D eigenvalue weighted by Gasteiger charge is 2.27. The molecule has 0 spiro atoms. The molecule has 8 aromatic rings. The fraction of sp³-hybridized carbons (Fsp3) is 0.0556. The lowest BCUT2D eigenvalue weighted by Gasteiger charge is -2.07. The largest absolute Gasteiger partial charge is 0.454 e. The minimum absolute atomic E-state index is 0.605. The monoisotopic (exact) mass is 546 g/mol. The van der Waals surface area contributed by atoms with E-state index in [1.807, 2.05) is 18.2 Å². The average Bonchev–Trinajstić information content (AvgIpc) is 3.69. The number of thiophene rings is 1. The van der Waals surface area contributed by atoms with Crippen molar-refractivity contribution < 1.29 is 8.98 Å². The standard InChI is InChI=1S/C36H24N3OS/c1-22-12-15-28-29-17-14-24(21-37)33(23-13-16-27-26-10-6-7-11-30(26)41-31(27)20-23)35(29)40-34(28)32(22)36-38(2)18-19-39(36)25-8-4-3-5-9-25/h3-20H,1-2H3/q+1. The molecule has 8 rings (SSSR count). The number of furan rings is 1. The summed E-state index contributed by atoms with van der Waals surface area (Å²) in [6.07, 6.45) is 4.16. The Morgan fingerprint density at radius 3 is 2.29 bits per heavy atom. The summed E-state index contributed by atoms with van der Waals surface area (Å²) in [6.45, 7) is 2.13. The van der Waals surface area contributed by atoms with Gasteiger partial charge in [-0.25, -0.2) is 4.57 Å². The Balaban J connectivity index is 1.42. The predicted molar refractivity (Wildman–Crippen MR) is 167 cm³/mol. The number of benzene rings is 5. The van der Waals surface area contributed by atoms with E-state index in [1.54, 1.807) is 11.3 Å². The molecule has 0 radical (unpaired) electrons. The number of aryl methyl sites for hydroxylation is 2. The van der Waals surface area contributed by atoms with E-state index >= 15 is 0 Å². The highest BCUT2D eigenvalue weighted by atomic mass is 32.1. The SMILES string of the molecule is Cc1ccc2c(oc3c(-c4ccc5c(c4)sc4ccccc45)c(C#N)ccc32)c1-c1n(-c2ccccc2)cc[n+]1C. The number of hydrogen-bond acceptors (Lipinski definition) is 3. The maximum Gasteiger partial charge on any atom is 0.297 e. The van der Waals surface area contributed by atoms with Gasteiger partial charge >= 0.3 is 0 Å². The van der Waals surface area contributed by atoms with E-state index in [4.69, 9.17) is 4.42 Å². The molecule has 0 bridgehead atoms. The Morgan fingerprint density at radius 2 is 1.46 bits per heavy atom. The molecule has 4 nitrogen and oxygen atoms in total. The quantitative estimate of drug-likeness (QED) is 0.208. The minimum Gasteiger partial charge on any atom is -0.454 e. The molecule has 0 aliphatic rings. The van der Waals surface area contributed by atoms with Crippen LogP contribution in [-0.4, -0.2) is 4.57 Å². The third-order valence-corrected chi connectivity index (χ3v) is 9.20. The highest BCUT2D eigenvalue weighted by Crippen LogP contribution is 2.44. The number of nitriles is 1. The van der Waals surface area contributed by atoms with Gasteiger partial charge in [-0.1, -0.05) is 60.7 Å². The molecule has 0 amide bonds. The normalized spacial score (nSPS) is 11.6. The topological polar surface area (TPSA) is 45.7 Å². The molecule has 0 saturated carbocycles. The fourth-order valence-corrected chi connectivity index (χ4v) is 7.26. The van der Waals surface area contributed by atoms with Gasteiger partial charge in [0.15, 0.2) is 5.58 Å². The smallest absolute Gasteiger partial charge is 0.297 e. The zero-order valence-electron chi connectivity index (χ0n) is 22.6. The van der Waals surface area contributed by atoms with Crippen LogP contribution in [-0.2, 0) is 7.05 Å². The molecule has 0 atom stereocenters. The van der Waals surface area contributed by atoms with Gasteiger partial charge in [0.25, 0.3) is 5.82 Å². The summed E-state index contributed by atoms with van der Waals surface area (Å²) in [5, 5.41) is 14.7. The van der Waals surface area contributed by atoms with E-state index in [-0.39, 0.29) is 0 Å². The van der Waals surface area contributed by atoms with Gasteiger partial charge in [-0.2, -0.15) is 9.83 Å². The molecule has 0 saturated heterocycles. The molecule has 0 fully saturated rings. The summed E-state index contributed by atoms with van der Waals surface area (Å²) in [5.74, 6) is 1.03. The predicted octanol–water partition coefficient (Wildman–Crippen LogP) is 9.08. The van der Waals surface area contributed by atoms with Gasteiger partial charge in [0.1, 0.15) is 29.2 Å². The second-order valence-electron chi connectivity index (χ2n) is 10.5. The van der Waals surface area contributed by atoms with Crippen molar-refractivity contribution in [3.8, 4) is 34.3 Å². The van der Waals surface area contributed by atoms with E-state index in [2.05, 4.69) is 120 Å². The Hall–Kier alpha value is -5.18. The van der Waals surface area contributed by atoms with Crippen molar-refractivity contribution in [2.24, 2.45) is 7.05 Å². The first-order valence-electron chi connectivity index (χ1n) is 13.6. The number of aromatic nitrogens is 2. The molecule has 3 heterocycles. The Bertz CT molecular complexity index is 2350. The molecule has 5 heteroatoms. The Morgan fingerprint density at radius 1 is 0.756 bits per heavy atom. The van der Waals surface area contributed by atoms with Crippen LogP contribution in [0.4, 0.5) is 0 Å². The zero-order chi connectivity index (χ0) is 27.7.